The van der Waals surface area contributed by atoms with Crippen molar-refractivity contribution in [1.29, 1.82) is 0 Å². The molecule has 2 rings (SSSR count). The molecule has 1 aliphatic heterocycles. The average molecular weight is 270 g/mol. The molecule has 2 N–H and O–H groups in total. The summed E-state index contributed by atoms with van der Waals surface area (Å²) in [4.78, 5) is 1.97. The molecule has 0 saturated carbocycles. The standard InChI is InChI=1S/C14H17F3N2/c1-10-3-2-4-11(9-18)13(10)19-7-5-12(6-8-19)14(15,16)17/h2-5H,6-9,18H2,1H3. The Labute approximate surface area is 110 Å². The molecule has 0 atom stereocenters. The van der Waals surface area contributed by atoms with E-state index in [0.717, 1.165) is 16.8 Å². The van der Waals surface area contributed by atoms with Crippen LogP contribution in [0.15, 0.2) is 29.8 Å². The van der Waals surface area contributed by atoms with Gasteiger partial charge in [0.15, 0.2) is 0 Å². The second-order valence-corrected chi connectivity index (χ2v) is 4.71. The van der Waals surface area contributed by atoms with Gasteiger partial charge in [-0.25, -0.2) is 0 Å². The second kappa shape index (κ2) is 5.25. The van der Waals surface area contributed by atoms with Gasteiger partial charge in [0, 0.05) is 30.9 Å². The zero-order chi connectivity index (χ0) is 14.0. The monoisotopic (exact) mass is 270 g/mol. The topological polar surface area (TPSA) is 29.3 Å². The molecular weight excluding hydrogens is 253 g/mol. The van der Waals surface area contributed by atoms with Crippen LogP contribution in [0.2, 0.25) is 0 Å². The molecule has 0 bridgehead atoms. The van der Waals surface area contributed by atoms with E-state index in [0.29, 0.717) is 13.1 Å². The zero-order valence-electron chi connectivity index (χ0n) is 10.8. The fourth-order valence-electron chi connectivity index (χ4n) is 2.47. The Morgan fingerprint density at radius 2 is 2.05 bits per heavy atom. The van der Waals surface area contributed by atoms with E-state index in [4.69, 9.17) is 5.73 Å². The maximum atomic E-state index is 12.6. The van der Waals surface area contributed by atoms with Gasteiger partial charge in [0.25, 0.3) is 0 Å². The molecule has 0 unspecified atom stereocenters. The van der Waals surface area contributed by atoms with Gasteiger partial charge in [0.05, 0.1) is 0 Å². The van der Waals surface area contributed by atoms with Gasteiger partial charge in [-0.15, -0.1) is 0 Å². The molecule has 0 saturated heterocycles. The van der Waals surface area contributed by atoms with E-state index in [1.54, 1.807) is 0 Å². The first-order chi connectivity index (χ1) is 8.93. The lowest BCUT2D eigenvalue weighted by atomic mass is 10.0. The summed E-state index contributed by atoms with van der Waals surface area (Å²) in [5.41, 5.74) is 8.27. The van der Waals surface area contributed by atoms with Gasteiger partial charge < -0.3 is 10.6 Å². The normalized spacial score (nSPS) is 16.5. The lowest BCUT2D eigenvalue weighted by Gasteiger charge is -2.31. The SMILES string of the molecule is Cc1cccc(CN)c1N1CC=C(C(F)(F)F)CC1. The van der Waals surface area contributed by atoms with E-state index in [1.165, 1.54) is 6.08 Å². The number of halogens is 3. The Morgan fingerprint density at radius 3 is 2.58 bits per heavy atom. The number of anilines is 1. The van der Waals surface area contributed by atoms with Gasteiger partial charge in [0.2, 0.25) is 0 Å². The smallest absolute Gasteiger partial charge is 0.367 e. The molecule has 1 aliphatic rings. The van der Waals surface area contributed by atoms with Crippen LogP contribution in [0.3, 0.4) is 0 Å². The van der Waals surface area contributed by atoms with E-state index in [1.807, 2.05) is 30.0 Å². The highest BCUT2D eigenvalue weighted by Gasteiger charge is 2.35. The number of nitrogens with zero attached hydrogens (tertiary/aromatic N) is 1. The number of aryl methyl sites for hydroxylation is 1. The molecule has 0 aromatic heterocycles. The minimum atomic E-state index is -4.20. The van der Waals surface area contributed by atoms with Crippen LogP contribution in [-0.2, 0) is 6.54 Å². The number of hydrogen-bond acceptors (Lipinski definition) is 2. The van der Waals surface area contributed by atoms with Crippen molar-refractivity contribution in [1.82, 2.24) is 0 Å². The molecule has 2 nitrogen and oxygen atoms in total. The van der Waals surface area contributed by atoms with Crippen molar-refractivity contribution in [2.24, 2.45) is 5.73 Å². The summed E-state index contributed by atoms with van der Waals surface area (Å²) < 4.78 is 37.8. The van der Waals surface area contributed by atoms with Crippen LogP contribution in [-0.4, -0.2) is 19.3 Å². The first-order valence-corrected chi connectivity index (χ1v) is 6.23. The molecule has 0 amide bonds. The summed E-state index contributed by atoms with van der Waals surface area (Å²) in [7, 11) is 0. The fourth-order valence-corrected chi connectivity index (χ4v) is 2.47. The zero-order valence-corrected chi connectivity index (χ0v) is 10.8. The van der Waals surface area contributed by atoms with Crippen molar-refractivity contribution in [3.63, 3.8) is 0 Å². The first-order valence-electron chi connectivity index (χ1n) is 6.23. The third-order valence-electron chi connectivity index (χ3n) is 3.43. The number of benzene rings is 1. The van der Waals surface area contributed by atoms with Gasteiger partial charge in [-0.1, -0.05) is 24.3 Å². The van der Waals surface area contributed by atoms with Gasteiger partial charge in [-0.3, -0.25) is 0 Å². The van der Waals surface area contributed by atoms with Crippen molar-refractivity contribution < 1.29 is 13.2 Å². The van der Waals surface area contributed by atoms with Crippen LogP contribution < -0.4 is 10.6 Å². The molecule has 1 aromatic carbocycles. The first kappa shape index (κ1) is 13.9. The molecule has 1 heterocycles. The van der Waals surface area contributed by atoms with Crippen molar-refractivity contribution >= 4 is 5.69 Å². The largest absolute Gasteiger partial charge is 0.412 e. The number of rotatable bonds is 2. The molecule has 104 valence electrons. The highest BCUT2D eigenvalue weighted by molar-refractivity contribution is 5.60. The molecule has 0 fully saturated rings. The van der Waals surface area contributed by atoms with Gasteiger partial charge in [0.1, 0.15) is 0 Å². The molecular formula is C14H17F3N2. The van der Waals surface area contributed by atoms with Crippen molar-refractivity contribution in [2.75, 3.05) is 18.0 Å². The summed E-state index contributed by atoms with van der Waals surface area (Å²) >= 11 is 0. The molecule has 0 radical (unpaired) electrons. The molecule has 0 aliphatic carbocycles. The van der Waals surface area contributed by atoms with E-state index >= 15 is 0 Å². The Hall–Kier alpha value is -1.49. The van der Waals surface area contributed by atoms with Crippen LogP contribution in [0.1, 0.15) is 17.5 Å². The summed E-state index contributed by atoms with van der Waals surface area (Å²) in [6.45, 7) is 3.01. The second-order valence-electron chi connectivity index (χ2n) is 4.71. The highest BCUT2D eigenvalue weighted by Crippen LogP contribution is 2.33. The molecule has 5 heteroatoms. The van der Waals surface area contributed by atoms with E-state index < -0.39 is 11.7 Å². The Kier molecular flexibility index (Phi) is 3.85. The average Bonchev–Trinajstić information content (AvgIpc) is 2.37. The fraction of sp³-hybridized carbons (Fsp3) is 0.429. The van der Waals surface area contributed by atoms with E-state index in [-0.39, 0.29) is 13.0 Å². The number of hydrogen-bond donors (Lipinski definition) is 1. The van der Waals surface area contributed by atoms with Crippen molar-refractivity contribution in [3.8, 4) is 0 Å². The van der Waals surface area contributed by atoms with Gasteiger partial charge >= 0.3 is 6.18 Å². The third-order valence-corrected chi connectivity index (χ3v) is 3.43. The predicted molar refractivity (Wildman–Crippen MR) is 70.0 cm³/mol. The quantitative estimate of drug-likeness (QED) is 0.836. The highest BCUT2D eigenvalue weighted by atomic mass is 19.4. The maximum Gasteiger partial charge on any atom is 0.412 e. The summed E-state index contributed by atoms with van der Waals surface area (Å²) in [6.07, 6.45) is -2.90. The van der Waals surface area contributed by atoms with Crippen molar-refractivity contribution in [3.05, 3.63) is 41.0 Å². The number of alkyl halides is 3. The maximum absolute atomic E-state index is 12.6. The van der Waals surface area contributed by atoms with Crippen LogP contribution in [0.4, 0.5) is 18.9 Å². The Morgan fingerprint density at radius 1 is 1.32 bits per heavy atom. The summed E-state index contributed by atoms with van der Waals surface area (Å²) in [5, 5.41) is 0. The van der Waals surface area contributed by atoms with Crippen LogP contribution >= 0.6 is 0 Å². The minimum Gasteiger partial charge on any atom is -0.367 e. The van der Waals surface area contributed by atoms with Gasteiger partial charge in [-0.05, 0) is 24.5 Å². The third kappa shape index (κ3) is 2.92. The lowest BCUT2D eigenvalue weighted by molar-refractivity contribution is -0.0943. The molecule has 0 spiro atoms. The van der Waals surface area contributed by atoms with Crippen molar-refractivity contribution in [2.45, 2.75) is 26.1 Å². The lowest BCUT2D eigenvalue weighted by Crippen LogP contribution is -2.33. The molecule has 19 heavy (non-hydrogen) atoms. The Bertz CT molecular complexity index is 492. The summed E-state index contributed by atoms with van der Waals surface area (Å²) in [5.74, 6) is 0. The Balaban J connectivity index is 2.25. The number of nitrogens with two attached hydrogens (primary N) is 1. The van der Waals surface area contributed by atoms with E-state index in [2.05, 4.69) is 0 Å². The number of para-hydroxylation sites is 1. The minimum absolute atomic E-state index is 0.0296. The van der Waals surface area contributed by atoms with Gasteiger partial charge in [-0.2, -0.15) is 13.2 Å². The van der Waals surface area contributed by atoms with Crippen LogP contribution in [0.5, 0.6) is 0 Å². The van der Waals surface area contributed by atoms with Crippen LogP contribution in [0.25, 0.3) is 0 Å². The summed E-state index contributed by atoms with van der Waals surface area (Å²) in [6, 6.07) is 5.80. The van der Waals surface area contributed by atoms with E-state index in [9.17, 15) is 13.2 Å². The molecule has 1 aromatic rings. The predicted octanol–water partition coefficient (Wildman–Crippen LogP) is 3.15. The van der Waals surface area contributed by atoms with Crippen LogP contribution in [0, 0.1) is 6.92 Å².